The Hall–Kier alpha value is -3.70. The van der Waals surface area contributed by atoms with E-state index in [2.05, 4.69) is 14.9 Å². The van der Waals surface area contributed by atoms with Crippen molar-refractivity contribution in [2.24, 2.45) is 0 Å². The third-order valence-electron chi connectivity index (χ3n) is 7.11. The summed E-state index contributed by atoms with van der Waals surface area (Å²) in [6, 6.07) is 5.56. The van der Waals surface area contributed by atoms with Gasteiger partial charge < -0.3 is 14.4 Å². The first-order chi connectivity index (χ1) is 17.1. The Morgan fingerprint density at radius 3 is 2.50 bits per heavy atom. The molecule has 0 unspecified atom stereocenters. The third kappa shape index (κ3) is 3.66. The highest BCUT2D eigenvalue weighted by Gasteiger charge is 2.56. The third-order valence-corrected chi connectivity index (χ3v) is 7.11. The molecule has 3 aliphatic heterocycles. The van der Waals surface area contributed by atoms with Gasteiger partial charge in [0, 0.05) is 24.4 Å². The first-order valence-electron chi connectivity index (χ1n) is 11.4. The van der Waals surface area contributed by atoms with Crippen LogP contribution in [-0.2, 0) is 19.3 Å². The van der Waals surface area contributed by atoms with Crippen LogP contribution in [0.15, 0.2) is 41.3 Å². The van der Waals surface area contributed by atoms with Crippen LogP contribution in [0.5, 0.6) is 17.4 Å². The van der Waals surface area contributed by atoms with Crippen molar-refractivity contribution in [3.8, 4) is 17.4 Å². The maximum atomic E-state index is 14.6. The molecule has 188 valence electrons. The second-order valence-corrected chi connectivity index (χ2v) is 9.30. The molecule has 5 heterocycles. The number of ether oxygens (including phenoxy) is 2. The highest BCUT2D eigenvalue weighted by Crippen LogP contribution is 2.53. The number of pyridine rings is 1. The Morgan fingerprint density at radius 2 is 1.81 bits per heavy atom. The van der Waals surface area contributed by atoms with Crippen molar-refractivity contribution in [1.82, 2.24) is 14.5 Å². The van der Waals surface area contributed by atoms with Gasteiger partial charge in [0.1, 0.15) is 23.9 Å². The fourth-order valence-corrected chi connectivity index (χ4v) is 5.58. The molecule has 0 saturated carbocycles. The predicted molar refractivity (Wildman–Crippen MR) is 116 cm³/mol. The van der Waals surface area contributed by atoms with E-state index in [1.54, 1.807) is 10.6 Å². The van der Waals surface area contributed by atoms with E-state index in [0.717, 1.165) is 55.9 Å². The van der Waals surface area contributed by atoms with E-state index in [1.165, 1.54) is 0 Å². The fourth-order valence-electron chi connectivity index (χ4n) is 5.58. The van der Waals surface area contributed by atoms with Crippen LogP contribution < -0.4 is 20.1 Å². The number of hydrogen-bond donors (Lipinski definition) is 0. The number of alkyl halides is 3. The lowest BCUT2D eigenvalue weighted by molar-refractivity contribution is -0.141. The van der Waals surface area contributed by atoms with Gasteiger partial charge in [-0.25, -0.2) is 13.6 Å². The van der Waals surface area contributed by atoms with E-state index < -0.39 is 40.7 Å². The molecule has 0 aliphatic carbocycles. The molecule has 2 aromatic heterocycles. The van der Waals surface area contributed by atoms with Gasteiger partial charge in [-0.1, -0.05) is 0 Å². The molecular weight excluding hydrogens is 487 g/mol. The largest absolute Gasteiger partial charge is 0.473 e. The second-order valence-electron chi connectivity index (χ2n) is 9.30. The first-order valence-corrected chi connectivity index (χ1v) is 11.4. The smallest absolute Gasteiger partial charge is 0.433 e. The molecule has 6 rings (SSSR count). The van der Waals surface area contributed by atoms with Gasteiger partial charge in [-0.05, 0) is 49.4 Å². The van der Waals surface area contributed by atoms with Crippen LogP contribution in [0.25, 0.3) is 0 Å². The molecule has 0 radical (unpaired) electrons. The molecule has 36 heavy (non-hydrogen) atoms. The Balaban J connectivity index is 1.20. The normalized spacial score (nSPS) is 22.0. The van der Waals surface area contributed by atoms with E-state index in [0.29, 0.717) is 18.7 Å². The van der Waals surface area contributed by atoms with Crippen molar-refractivity contribution in [2.45, 2.75) is 56.6 Å². The number of nitrogens with zero attached hydrogens (tertiary/aromatic N) is 4. The minimum atomic E-state index is -4.74. The van der Waals surface area contributed by atoms with Crippen LogP contribution in [0.3, 0.4) is 0 Å². The number of aromatic nitrogens is 3. The Bertz CT molecular complexity index is 1390. The van der Waals surface area contributed by atoms with Gasteiger partial charge in [0.2, 0.25) is 5.88 Å². The van der Waals surface area contributed by atoms with Crippen molar-refractivity contribution in [1.29, 1.82) is 0 Å². The average molecular weight is 506 g/mol. The van der Waals surface area contributed by atoms with Gasteiger partial charge in [0.05, 0.1) is 12.1 Å². The van der Waals surface area contributed by atoms with E-state index in [-0.39, 0.29) is 23.6 Å². The topological polar surface area (TPSA) is 69.5 Å². The molecule has 2 saturated heterocycles. The van der Waals surface area contributed by atoms with Crippen molar-refractivity contribution in [2.75, 3.05) is 4.90 Å². The quantitative estimate of drug-likeness (QED) is 0.463. The maximum Gasteiger partial charge on any atom is 0.433 e. The number of anilines is 1. The van der Waals surface area contributed by atoms with E-state index in [1.807, 2.05) is 0 Å². The lowest BCUT2D eigenvalue weighted by Crippen LogP contribution is -2.38. The molecular formula is C24H19F5N4O3. The summed E-state index contributed by atoms with van der Waals surface area (Å²) in [5.74, 6) is -2.74. The van der Waals surface area contributed by atoms with Gasteiger partial charge in [0.15, 0.2) is 17.4 Å². The van der Waals surface area contributed by atoms with E-state index in [9.17, 15) is 26.7 Å². The van der Waals surface area contributed by atoms with E-state index in [4.69, 9.17) is 9.47 Å². The Kier molecular flexibility index (Phi) is 4.99. The Labute approximate surface area is 201 Å². The van der Waals surface area contributed by atoms with Gasteiger partial charge in [-0.2, -0.15) is 18.2 Å². The molecule has 2 bridgehead atoms. The molecule has 1 aromatic carbocycles. The summed E-state index contributed by atoms with van der Waals surface area (Å²) in [6.45, 7) is 0.316. The zero-order chi connectivity index (χ0) is 25.2. The summed E-state index contributed by atoms with van der Waals surface area (Å²) in [5, 5.41) is 0. The molecule has 0 amide bonds. The molecule has 7 nitrogen and oxygen atoms in total. The molecule has 3 aliphatic rings. The minimum Gasteiger partial charge on any atom is -0.473 e. The van der Waals surface area contributed by atoms with Crippen LogP contribution in [0.1, 0.15) is 36.9 Å². The summed E-state index contributed by atoms with van der Waals surface area (Å²) in [6.07, 6.45) is 0.309. The zero-order valence-electron chi connectivity index (χ0n) is 18.7. The highest BCUT2D eigenvalue weighted by molar-refractivity contribution is 5.54. The molecule has 2 fully saturated rings. The average Bonchev–Trinajstić information content (AvgIpc) is 3.46. The fraction of sp³-hybridized carbons (Fsp3) is 0.375. The number of rotatable bonds is 5. The van der Waals surface area contributed by atoms with Crippen LogP contribution in [-0.4, -0.2) is 26.1 Å². The van der Waals surface area contributed by atoms with Crippen molar-refractivity contribution in [3.05, 3.63) is 69.9 Å². The molecule has 0 atom stereocenters. The number of fused-ring (bicyclic) bond motifs is 1. The summed E-state index contributed by atoms with van der Waals surface area (Å²) >= 11 is 0. The zero-order valence-corrected chi connectivity index (χ0v) is 18.7. The lowest BCUT2D eigenvalue weighted by Gasteiger charge is -2.27. The SMILES string of the molecule is O=c1nc(OCc2cc(F)c(Oc3ccnc(C(F)(F)F)c3)c(F)c2)cc2n1CC13CCC(CC1)N23. The highest BCUT2D eigenvalue weighted by atomic mass is 19.4. The first kappa shape index (κ1) is 22.7. The Morgan fingerprint density at radius 1 is 1.08 bits per heavy atom. The standard InChI is InChI=1S/C24H19F5N4O3/c25-16-7-13(8-17(26)21(16)36-15-3-6-30-18(9-15)24(27,28)29)11-35-19-10-20-32(22(34)31-19)12-23-4-1-14(2-5-23)33(20)23/h3,6-10,14H,1-2,4-5,11-12H2. The molecule has 3 aromatic rings. The van der Waals surface area contributed by atoms with Crippen LogP contribution in [0, 0.1) is 11.6 Å². The van der Waals surface area contributed by atoms with Crippen molar-refractivity contribution < 1.29 is 31.4 Å². The predicted octanol–water partition coefficient (Wildman–Crippen LogP) is 4.82. The summed E-state index contributed by atoms with van der Waals surface area (Å²) < 4.78 is 80.0. The van der Waals surface area contributed by atoms with Gasteiger partial charge >= 0.3 is 11.9 Å². The van der Waals surface area contributed by atoms with Crippen molar-refractivity contribution >= 4 is 5.82 Å². The number of halogens is 5. The number of benzene rings is 1. The number of hydrogen-bond acceptors (Lipinski definition) is 6. The summed E-state index contributed by atoms with van der Waals surface area (Å²) in [5.41, 5.74) is -1.64. The maximum absolute atomic E-state index is 14.6. The molecule has 0 N–H and O–H groups in total. The van der Waals surface area contributed by atoms with Gasteiger partial charge in [-0.15, -0.1) is 0 Å². The molecule has 0 spiro atoms. The van der Waals surface area contributed by atoms with E-state index >= 15 is 0 Å². The van der Waals surface area contributed by atoms with Gasteiger partial charge in [0.25, 0.3) is 0 Å². The lowest BCUT2D eigenvalue weighted by atomic mass is 9.88. The van der Waals surface area contributed by atoms with Crippen molar-refractivity contribution in [3.63, 3.8) is 0 Å². The molecule has 12 heteroatoms. The minimum absolute atomic E-state index is 0.0328. The van der Waals surface area contributed by atoms with Crippen LogP contribution in [0.2, 0.25) is 0 Å². The monoisotopic (exact) mass is 506 g/mol. The second kappa shape index (κ2) is 7.90. The van der Waals surface area contributed by atoms with Gasteiger partial charge in [-0.3, -0.25) is 9.55 Å². The summed E-state index contributed by atoms with van der Waals surface area (Å²) in [7, 11) is 0. The summed E-state index contributed by atoms with van der Waals surface area (Å²) in [4.78, 5) is 22.0. The van der Waals surface area contributed by atoms with Crippen LogP contribution in [0.4, 0.5) is 27.8 Å². The van der Waals surface area contributed by atoms with Crippen LogP contribution >= 0.6 is 0 Å².